The normalized spacial score (nSPS) is 18.4. The number of hydrogen-bond donors (Lipinski definition) is 1. The average molecular weight is 430 g/mol. The van der Waals surface area contributed by atoms with E-state index in [0.717, 1.165) is 11.1 Å². The molecule has 6 nitrogen and oxygen atoms in total. The van der Waals surface area contributed by atoms with Crippen molar-refractivity contribution in [3.8, 4) is 0 Å². The minimum atomic E-state index is -3.51. The second-order valence-electron chi connectivity index (χ2n) is 8.85. The highest BCUT2D eigenvalue weighted by atomic mass is 32.2. The van der Waals surface area contributed by atoms with Crippen LogP contribution in [0.4, 0.5) is 4.79 Å². The van der Waals surface area contributed by atoms with Gasteiger partial charge in [0.25, 0.3) is 0 Å². The van der Waals surface area contributed by atoms with Crippen molar-refractivity contribution in [1.29, 1.82) is 0 Å². The summed E-state index contributed by atoms with van der Waals surface area (Å²) >= 11 is 0. The van der Waals surface area contributed by atoms with Gasteiger partial charge < -0.3 is 10.2 Å². The van der Waals surface area contributed by atoms with Gasteiger partial charge in [-0.2, -0.15) is 4.31 Å². The predicted octanol–water partition coefficient (Wildman–Crippen LogP) is 4.01. The Labute approximate surface area is 179 Å². The lowest BCUT2D eigenvalue weighted by molar-refractivity contribution is -0.0165. The minimum Gasteiger partial charge on any atom is -0.334 e. The third kappa shape index (κ3) is 4.37. The third-order valence-electron chi connectivity index (χ3n) is 5.78. The maximum atomic E-state index is 12.8. The Morgan fingerprint density at radius 3 is 2.27 bits per heavy atom. The zero-order valence-electron chi connectivity index (χ0n) is 18.3. The molecule has 0 radical (unpaired) electrons. The molecule has 1 aliphatic heterocycles. The van der Waals surface area contributed by atoms with Crippen LogP contribution in [0.15, 0.2) is 59.5 Å². The standard InChI is InChI=1S/C23H31N3O3S/c1-17(2)25(5)30(28,29)20-13-11-18(12-14-20)15-24-22(27)26-16-23(3,4)21(26)19-9-7-6-8-10-19/h6-14,17,21H,15-16H2,1-5H3,(H,24,27). The van der Waals surface area contributed by atoms with E-state index in [-0.39, 0.29) is 28.4 Å². The molecule has 162 valence electrons. The van der Waals surface area contributed by atoms with Crippen molar-refractivity contribution in [1.82, 2.24) is 14.5 Å². The summed E-state index contributed by atoms with van der Waals surface area (Å²) in [5, 5.41) is 2.96. The zero-order valence-corrected chi connectivity index (χ0v) is 19.1. The Balaban J connectivity index is 1.64. The van der Waals surface area contributed by atoms with Crippen LogP contribution in [0.1, 0.15) is 44.9 Å². The summed E-state index contributed by atoms with van der Waals surface area (Å²) in [5.74, 6) is 0. The third-order valence-corrected chi connectivity index (χ3v) is 7.83. The molecular formula is C23H31N3O3S. The van der Waals surface area contributed by atoms with Crippen molar-refractivity contribution < 1.29 is 13.2 Å². The topological polar surface area (TPSA) is 69.7 Å². The first-order valence-electron chi connectivity index (χ1n) is 10.2. The van der Waals surface area contributed by atoms with Gasteiger partial charge in [0, 0.05) is 31.6 Å². The van der Waals surface area contributed by atoms with Crippen molar-refractivity contribution in [3.05, 3.63) is 65.7 Å². The number of benzene rings is 2. The lowest BCUT2D eigenvalue weighted by Gasteiger charge is -2.54. The van der Waals surface area contributed by atoms with E-state index in [1.807, 2.05) is 36.9 Å². The molecule has 1 heterocycles. The summed E-state index contributed by atoms with van der Waals surface area (Å²) < 4.78 is 26.5. The van der Waals surface area contributed by atoms with E-state index < -0.39 is 10.0 Å². The van der Waals surface area contributed by atoms with Gasteiger partial charge in [0.15, 0.2) is 0 Å². The molecule has 0 aromatic heterocycles. The van der Waals surface area contributed by atoms with Crippen molar-refractivity contribution in [2.45, 2.75) is 51.2 Å². The number of carbonyl (C=O) groups excluding carboxylic acids is 1. The number of nitrogens with zero attached hydrogens (tertiary/aromatic N) is 2. The molecule has 30 heavy (non-hydrogen) atoms. The fourth-order valence-electron chi connectivity index (χ4n) is 3.88. The highest BCUT2D eigenvalue weighted by Gasteiger charge is 2.48. The highest BCUT2D eigenvalue weighted by Crippen LogP contribution is 2.48. The van der Waals surface area contributed by atoms with Crippen molar-refractivity contribution in [2.75, 3.05) is 13.6 Å². The van der Waals surface area contributed by atoms with Gasteiger partial charge in [0.2, 0.25) is 10.0 Å². The first-order chi connectivity index (χ1) is 14.0. The van der Waals surface area contributed by atoms with Gasteiger partial charge in [0.1, 0.15) is 0 Å². The molecule has 0 aliphatic carbocycles. The lowest BCUT2D eigenvalue weighted by Crippen LogP contribution is -2.60. The molecule has 0 spiro atoms. The molecule has 0 saturated carbocycles. The smallest absolute Gasteiger partial charge is 0.318 e. The van der Waals surface area contributed by atoms with Gasteiger partial charge in [-0.05, 0) is 37.1 Å². The fourth-order valence-corrected chi connectivity index (χ4v) is 5.25. The van der Waals surface area contributed by atoms with Crippen LogP contribution in [-0.4, -0.2) is 43.3 Å². The molecule has 0 bridgehead atoms. The molecule has 1 atom stereocenters. The molecule has 1 N–H and O–H groups in total. The molecule has 1 aliphatic rings. The van der Waals surface area contributed by atoms with Gasteiger partial charge in [0.05, 0.1) is 10.9 Å². The summed E-state index contributed by atoms with van der Waals surface area (Å²) in [5.41, 5.74) is 2.01. The zero-order chi connectivity index (χ0) is 22.1. The van der Waals surface area contributed by atoms with Crippen LogP contribution in [0.3, 0.4) is 0 Å². The highest BCUT2D eigenvalue weighted by molar-refractivity contribution is 7.89. The number of urea groups is 1. The minimum absolute atomic E-state index is 0.0249. The molecule has 3 rings (SSSR count). The quantitative estimate of drug-likeness (QED) is 0.754. The number of carbonyl (C=O) groups is 1. The van der Waals surface area contributed by atoms with E-state index in [2.05, 4.69) is 31.3 Å². The van der Waals surface area contributed by atoms with Crippen LogP contribution < -0.4 is 5.32 Å². The second-order valence-corrected chi connectivity index (χ2v) is 10.8. The Hall–Kier alpha value is -2.38. The lowest BCUT2D eigenvalue weighted by atomic mass is 9.72. The monoisotopic (exact) mass is 429 g/mol. The van der Waals surface area contributed by atoms with Crippen LogP contribution in [0, 0.1) is 5.41 Å². The van der Waals surface area contributed by atoms with E-state index in [1.165, 1.54) is 4.31 Å². The Morgan fingerprint density at radius 1 is 1.13 bits per heavy atom. The molecular weight excluding hydrogens is 398 g/mol. The van der Waals surface area contributed by atoms with E-state index in [4.69, 9.17) is 0 Å². The number of rotatable bonds is 6. The van der Waals surface area contributed by atoms with Gasteiger partial charge in [-0.1, -0.05) is 56.3 Å². The van der Waals surface area contributed by atoms with Gasteiger partial charge in [-0.3, -0.25) is 0 Å². The van der Waals surface area contributed by atoms with Crippen molar-refractivity contribution >= 4 is 16.1 Å². The van der Waals surface area contributed by atoms with Crippen LogP contribution in [0.25, 0.3) is 0 Å². The van der Waals surface area contributed by atoms with Gasteiger partial charge in [-0.25, -0.2) is 13.2 Å². The maximum absolute atomic E-state index is 12.8. The van der Waals surface area contributed by atoms with Crippen molar-refractivity contribution in [3.63, 3.8) is 0 Å². The van der Waals surface area contributed by atoms with E-state index in [1.54, 1.807) is 31.3 Å². The van der Waals surface area contributed by atoms with Crippen molar-refractivity contribution in [2.24, 2.45) is 5.41 Å². The summed E-state index contributed by atoms with van der Waals surface area (Å²) in [6, 6.07) is 16.6. The van der Waals surface area contributed by atoms with Crippen LogP contribution in [0.5, 0.6) is 0 Å². The average Bonchev–Trinajstić information content (AvgIpc) is 2.70. The second kappa shape index (κ2) is 8.40. The SMILES string of the molecule is CC(C)N(C)S(=O)(=O)c1ccc(CNC(=O)N2CC(C)(C)C2c2ccccc2)cc1. The Kier molecular flexibility index (Phi) is 6.24. The molecule has 2 aromatic carbocycles. The Bertz CT molecular complexity index is 986. The predicted molar refractivity (Wildman–Crippen MR) is 118 cm³/mol. The van der Waals surface area contributed by atoms with Gasteiger partial charge in [-0.15, -0.1) is 0 Å². The number of likely N-dealkylation sites (tertiary alicyclic amines) is 1. The number of amides is 2. The molecule has 2 amide bonds. The number of nitrogens with one attached hydrogen (secondary N) is 1. The van der Waals surface area contributed by atoms with Crippen LogP contribution >= 0.6 is 0 Å². The summed E-state index contributed by atoms with van der Waals surface area (Å²) in [6.45, 7) is 9.04. The molecule has 1 fully saturated rings. The molecule has 2 aromatic rings. The van der Waals surface area contributed by atoms with E-state index >= 15 is 0 Å². The van der Waals surface area contributed by atoms with E-state index in [0.29, 0.717) is 13.1 Å². The maximum Gasteiger partial charge on any atom is 0.318 e. The van der Waals surface area contributed by atoms with Gasteiger partial charge >= 0.3 is 6.03 Å². The first kappa shape index (κ1) is 22.3. The number of sulfonamides is 1. The van der Waals surface area contributed by atoms with E-state index in [9.17, 15) is 13.2 Å². The summed E-state index contributed by atoms with van der Waals surface area (Å²) in [6.07, 6.45) is 0. The number of hydrogen-bond acceptors (Lipinski definition) is 3. The van der Waals surface area contributed by atoms with Crippen LogP contribution in [0.2, 0.25) is 0 Å². The summed E-state index contributed by atoms with van der Waals surface area (Å²) in [4.78, 5) is 14.9. The first-order valence-corrected chi connectivity index (χ1v) is 11.6. The fraction of sp³-hybridized carbons (Fsp3) is 0.435. The van der Waals surface area contributed by atoms with Crippen LogP contribution in [-0.2, 0) is 16.6 Å². The molecule has 1 unspecified atom stereocenters. The largest absolute Gasteiger partial charge is 0.334 e. The molecule has 7 heteroatoms. The Morgan fingerprint density at radius 2 is 1.73 bits per heavy atom. The molecule has 1 saturated heterocycles. The summed E-state index contributed by atoms with van der Waals surface area (Å²) in [7, 11) is -1.93.